The van der Waals surface area contributed by atoms with Crippen molar-refractivity contribution < 1.29 is 19.4 Å². The zero-order valence-corrected chi connectivity index (χ0v) is 16.0. The molecular formula is C16H14N8O8. The normalized spacial score (nSPS) is 9.88. The maximum Gasteiger partial charge on any atom is 0.344 e. The maximum atomic E-state index is 12.1. The van der Waals surface area contributed by atoms with Gasteiger partial charge in [0.15, 0.2) is 0 Å². The number of amides is 4. The van der Waals surface area contributed by atoms with Crippen molar-refractivity contribution in [1.29, 1.82) is 0 Å². The first kappa shape index (κ1) is 23.3. The highest BCUT2D eigenvalue weighted by atomic mass is 16.6. The summed E-state index contributed by atoms with van der Waals surface area (Å²) in [6.07, 6.45) is 0. The Morgan fingerprint density at radius 3 is 1.47 bits per heavy atom. The molecule has 0 unspecified atom stereocenters. The van der Waals surface area contributed by atoms with Crippen LogP contribution in [0.4, 0.5) is 32.3 Å². The summed E-state index contributed by atoms with van der Waals surface area (Å²) in [6.45, 7) is -1.11. The van der Waals surface area contributed by atoms with Gasteiger partial charge in [0, 0.05) is 35.6 Å². The Balaban J connectivity index is 1.98. The molecule has 0 radical (unpaired) electrons. The minimum Gasteiger partial charge on any atom is -0.306 e. The van der Waals surface area contributed by atoms with Crippen LogP contribution < -0.4 is 10.6 Å². The molecule has 0 bridgehead atoms. The number of carbonyl (C=O) groups is 2. The number of non-ortho nitro benzene ring substituents is 2. The highest BCUT2D eigenvalue weighted by Gasteiger charge is 2.21. The second-order valence-corrected chi connectivity index (χ2v) is 5.88. The fourth-order valence-corrected chi connectivity index (χ4v) is 2.32. The third kappa shape index (κ3) is 6.24. The largest absolute Gasteiger partial charge is 0.344 e. The van der Waals surface area contributed by atoms with E-state index in [1.165, 1.54) is 36.4 Å². The molecule has 2 aromatic rings. The summed E-state index contributed by atoms with van der Waals surface area (Å²) in [5, 5.41) is 31.6. The van der Waals surface area contributed by atoms with Gasteiger partial charge in [-0.25, -0.2) is 9.59 Å². The Hall–Kier alpha value is -5.02. The van der Waals surface area contributed by atoms with Gasteiger partial charge in [0.05, 0.1) is 33.5 Å². The molecule has 16 nitrogen and oxygen atoms in total. The van der Waals surface area contributed by atoms with E-state index in [4.69, 9.17) is 0 Å². The fraction of sp³-hybridized carbons (Fsp3) is 0.125. The number of nitroso groups, excluding NO2 is 2. The van der Waals surface area contributed by atoms with Gasteiger partial charge in [-0.3, -0.25) is 20.2 Å². The minimum atomic E-state index is -1.08. The Morgan fingerprint density at radius 1 is 0.781 bits per heavy atom. The Bertz CT molecular complexity index is 978. The minimum absolute atomic E-state index is 0.00614. The molecule has 166 valence electrons. The Labute approximate surface area is 178 Å². The summed E-state index contributed by atoms with van der Waals surface area (Å²) in [5.74, 6) is 0. The number of nitro benzene ring substituents is 2. The molecule has 0 atom stereocenters. The SMILES string of the molecule is O=NN(CCN(N=O)C(=O)Nc1cccc([N+](=O)[O-])c1)C(=O)Nc1cccc([N+](=O)[O-])c1. The smallest absolute Gasteiger partial charge is 0.306 e. The molecule has 0 aliphatic carbocycles. The summed E-state index contributed by atoms with van der Waals surface area (Å²) in [4.78, 5) is 66.5. The molecule has 0 heterocycles. The molecule has 2 aromatic carbocycles. The van der Waals surface area contributed by atoms with Gasteiger partial charge in [-0.1, -0.05) is 12.1 Å². The lowest BCUT2D eigenvalue weighted by atomic mass is 10.3. The van der Waals surface area contributed by atoms with Crippen molar-refractivity contribution >= 4 is 34.8 Å². The summed E-state index contributed by atoms with van der Waals surface area (Å²) in [7, 11) is 0. The Morgan fingerprint density at radius 2 is 1.16 bits per heavy atom. The van der Waals surface area contributed by atoms with E-state index in [-0.39, 0.29) is 22.7 Å². The number of carbonyl (C=O) groups excluding carboxylic acids is 2. The van der Waals surface area contributed by atoms with Gasteiger partial charge >= 0.3 is 12.1 Å². The van der Waals surface area contributed by atoms with Crippen LogP contribution in [0.3, 0.4) is 0 Å². The number of anilines is 2. The summed E-state index contributed by atoms with van der Waals surface area (Å²) in [5.41, 5.74) is -0.594. The molecule has 4 amide bonds. The average molecular weight is 446 g/mol. The van der Waals surface area contributed by atoms with E-state index < -0.39 is 35.0 Å². The second kappa shape index (κ2) is 10.7. The number of urea groups is 2. The summed E-state index contributed by atoms with van der Waals surface area (Å²) >= 11 is 0. The van der Waals surface area contributed by atoms with Crippen molar-refractivity contribution in [2.75, 3.05) is 23.7 Å². The van der Waals surface area contributed by atoms with E-state index >= 15 is 0 Å². The molecule has 0 aliphatic heterocycles. The number of nitro groups is 2. The molecule has 2 rings (SSSR count). The number of benzene rings is 2. The van der Waals surface area contributed by atoms with E-state index in [1.807, 2.05) is 0 Å². The highest BCUT2D eigenvalue weighted by Crippen LogP contribution is 2.18. The van der Waals surface area contributed by atoms with Crippen molar-refractivity contribution in [2.45, 2.75) is 0 Å². The van der Waals surface area contributed by atoms with E-state index in [0.717, 1.165) is 12.1 Å². The first-order valence-corrected chi connectivity index (χ1v) is 8.57. The predicted molar refractivity (Wildman–Crippen MR) is 109 cm³/mol. The van der Waals surface area contributed by atoms with Crippen molar-refractivity contribution in [2.24, 2.45) is 10.6 Å². The predicted octanol–water partition coefficient (Wildman–Crippen LogP) is 3.23. The topological polar surface area (TPSA) is 210 Å². The number of hydrogen-bond acceptors (Lipinski definition) is 10. The zero-order chi connectivity index (χ0) is 23.7. The molecule has 16 heteroatoms. The second-order valence-electron chi connectivity index (χ2n) is 5.88. The quantitative estimate of drug-likeness (QED) is 0.331. The van der Waals surface area contributed by atoms with Crippen LogP contribution in [0.2, 0.25) is 0 Å². The van der Waals surface area contributed by atoms with Gasteiger partial charge in [0.25, 0.3) is 11.4 Å². The van der Waals surface area contributed by atoms with E-state index in [2.05, 4.69) is 21.2 Å². The van der Waals surface area contributed by atoms with Crippen LogP contribution in [-0.4, -0.2) is 45.0 Å². The zero-order valence-electron chi connectivity index (χ0n) is 16.0. The molecule has 2 N–H and O–H groups in total. The van der Waals surface area contributed by atoms with Crippen LogP contribution >= 0.6 is 0 Å². The third-order valence-electron chi connectivity index (χ3n) is 3.81. The first-order chi connectivity index (χ1) is 15.2. The van der Waals surface area contributed by atoms with Gasteiger partial charge < -0.3 is 10.6 Å². The third-order valence-corrected chi connectivity index (χ3v) is 3.81. The standard InChI is InChI=1S/C16H14N8O8/c25-15(17-11-3-1-5-13(9-11)23(29)30)21(19-27)7-8-22(20-28)16(26)18-12-4-2-6-14(10-12)24(31)32/h1-6,9-10H,7-8H2,(H,17,25)(H,18,26). The number of nitrogens with one attached hydrogen (secondary N) is 2. The van der Waals surface area contributed by atoms with Crippen LogP contribution in [0.15, 0.2) is 59.1 Å². The summed E-state index contributed by atoms with van der Waals surface area (Å²) in [6, 6.07) is 7.61. The lowest BCUT2D eigenvalue weighted by Gasteiger charge is -2.18. The van der Waals surface area contributed by atoms with Crippen LogP contribution in [0.25, 0.3) is 0 Å². The van der Waals surface area contributed by atoms with E-state index in [9.17, 15) is 39.6 Å². The molecule has 0 saturated carbocycles. The van der Waals surface area contributed by atoms with Gasteiger partial charge in [-0.05, 0) is 12.1 Å². The van der Waals surface area contributed by atoms with Gasteiger partial charge in [0.2, 0.25) is 0 Å². The first-order valence-electron chi connectivity index (χ1n) is 8.57. The van der Waals surface area contributed by atoms with Crippen LogP contribution in [-0.2, 0) is 0 Å². The molecule has 0 fully saturated rings. The average Bonchev–Trinajstić information content (AvgIpc) is 2.77. The van der Waals surface area contributed by atoms with Crippen molar-refractivity contribution in [3.8, 4) is 0 Å². The lowest BCUT2D eigenvalue weighted by molar-refractivity contribution is -0.385. The molecule has 0 aromatic heterocycles. The monoisotopic (exact) mass is 446 g/mol. The van der Waals surface area contributed by atoms with E-state index in [1.54, 1.807) is 0 Å². The van der Waals surface area contributed by atoms with Crippen LogP contribution in [0.1, 0.15) is 0 Å². The highest BCUT2D eigenvalue weighted by molar-refractivity contribution is 5.90. The molecule has 32 heavy (non-hydrogen) atoms. The number of nitrogens with zero attached hydrogens (tertiary/aromatic N) is 6. The van der Waals surface area contributed by atoms with Crippen molar-refractivity contribution in [1.82, 2.24) is 10.0 Å². The van der Waals surface area contributed by atoms with E-state index in [0.29, 0.717) is 10.0 Å². The summed E-state index contributed by atoms with van der Waals surface area (Å²) < 4.78 is 0. The lowest BCUT2D eigenvalue weighted by Crippen LogP contribution is -2.39. The number of rotatable bonds is 9. The maximum absolute atomic E-state index is 12.1. The van der Waals surface area contributed by atoms with Crippen LogP contribution in [0.5, 0.6) is 0 Å². The van der Waals surface area contributed by atoms with Gasteiger partial charge in [-0.2, -0.15) is 10.0 Å². The molecule has 0 saturated heterocycles. The van der Waals surface area contributed by atoms with Crippen molar-refractivity contribution in [3.05, 3.63) is 78.6 Å². The Kier molecular flexibility index (Phi) is 7.76. The van der Waals surface area contributed by atoms with Gasteiger partial charge in [-0.15, -0.1) is 9.81 Å². The van der Waals surface area contributed by atoms with Crippen LogP contribution in [0, 0.1) is 30.0 Å². The molecule has 0 aliphatic rings. The van der Waals surface area contributed by atoms with Crippen molar-refractivity contribution in [3.63, 3.8) is 0 Å². The molecule has 0 spiro atoms. The fourth-order valence-electron chi connectivity index (χ4n) is 2.32. The number of hydrogen-bond donors (Lipinski definition) is 2. The molecular weight excluding hydrogens is 432 g/mol. The van der Waals surface area contributed by atoms with Gasteiger partial charge in [0.1, 0.15) is 0 Å².